The number of nitrogens with zero attached hydrogens (tertiary/aromatic N) is 3. The van der Waals surface area contributed by atoms with Crippen LogP contribution in [0, 0.1) is 13.8 Å². The number of carbonyl (C=O) groups is 2. The van der Waals surface area contributed by atoms with E-state index in [2.05, 4.69) is 0 Å². The summed E-state index contributed by atoms with van der Waals surface area (Å²) in [6.45, 7) is 3.98. The van der Waals surface area contributed by atoms with Gasteiger partial charge < -0.3 is 9.67 Å². The molecule has 1 saturated heterocycles. The molecular weight excluding hydrogens is 458 g/mol. The molecule has 1 aliphatic heterocycles. The third-order valence-electron chi connectivity index (χ3n) is 6.62. The number of amidine groups is 1. The number of carboxylic acid groups (broad SMARTS) is 1. The van der Waals surface area contributed by atoms with Crippen LogP contribution < -0.4 is 0 Å². The Morgan fingerprint density at radius 2 is 1.80 bits per heavy atom. The van der Waals surface area contributed by atoms with Gasteiger partial charge in [-0.15, -0.1) is 0 Å². The minimum absolute atomic E-state index is 0.00857. The fourth-order valence-corrected chi connectivity index (χ4v) is 5.96. The van der Waals surface area contributed by atoms with Gasteiger partial charge >= 0.3 is 5.97 Å². The lowest BCUT2D eigenvalue weighted by Gasteiger charge is -2.22. The van der Waals surface area contributed by atoms with Crippen LogP contribution in [-0.2, 0) is 4.79 Å². The van der Waals surface area contributed by atoms with E-state index in [-0.39, 0.29) is 17.5 Å². The van der Waals surface area contributed by atoms with Crippen molar-refractivity contribution in [1.29, 1.82) is 0 Å². The number of carbonyl (C=O) groups excluding carboxylic acids is 1. The summed E-state index contributed by atoms with van der Waals surface area (Å²) in [6.07, 6.45) is 6.21. The molecule has 1 N–H and O–H groups in total. The zero-order valence-corrected chi connectivity index (χ0v) is 20.6. The van der Waals surface area contributed by atoms with Crippen LogP contribution in [0.5, 0.6) is 0 Å². The molecule has 2 aromatic carbocycles. The maximum absolute atomic E-state index is 13.6. The number of hydrogen-bond donors (Lipinski definition) is 1. The largest absolute Gasteiger partial charge is 0.478 e. The van der Waals surface area contributed by atoms with Crippen molar-refractivity contribution in [3.05, 3.63) is 88.1 Å². The number of benzene rings is 2. The molecule has 0 spiro atoms. The van der Waals surface area contributed by atoms with Gasteiger partial charge in [-0.3, -0.25) is 9.69 Å². The molecule has 1 aromatic heterocycles. The van der Waals surface area contributed by atoms with E-state index in [0.717, 1.165) is 59.2 Å². The molecular formula is C28H27N3O3S. The summed E-state index contributed by atoms with van der Waals surface area (Å²) in [5.74, 6) is -0.948. The number of aryl methyl sites for hydroxylation is 1. The van der Waals surface area contributed by atoms with Crippen molar-refractivity contribution in [2.24, 2.45) is 4.99 Å². The quantitative estimate of drug-likeness (QED) is 0.428. The molecule has 0 atom stereocenters. The minimum atomic E-state index is -0.957. The highest BCUT2D eigenvalue weighted by atomic mass is 32.2. The first-order chi connectivity index (χ1) is 16.9. The van der Waals surface area contributed by atoms with Crippen LogP contribution in [-0.4, -0.2) is 37.7 Å². The molecule has 35 heavy (non-hydrogen) atoms. The van der Waals surface area contributed by atoms with Gasteiger partial charge in [-0.25, -0.2) is 9.79 Å². The molecule has 0 radical (unpaired) electrons. The summed E-state index contributed by atoms with van der Waals surface area (Å²) in [5, 5.41) is 10.1. The first kappa shape index (κ1) is 23.2. The van der Waals surface area contributed by atoms with Crippen LogP contribution in [0.15, 0.2) is 70.6 Å². The summed E-state index contributed by atoms with van der Waals surface area (Å²) < 4.78 is 2.02. The van der Waals surface area contributed by atoms with Crippen LogP contribution in [0.25, 0.3) is 11.8 Å². The van der Waals surface area contributed by atoms with E-state index in [4.69, 9.17) is 4.99 Å². The highest BCUT2D eigenvalue weighted by Gasteiger charge is 2.39. The third-order valence-corrected chi connectivity index (χ3v) is 7.60. The van der Waals surface area contributed by atoms with Crippen molar-refractivity contribution in [1.82, 2.24) is 9.47 Å². The van der Waals surface area contributed by atoms with Crippen LogP contribution in [0.4, 0.5) is 5.69 Å². The number of para-hydroxylation sites is 1. The van der Waals surface area contributed by atoms with Crippen molar-refractivity contribution in [3.63, 3.8) is 0 Å². The highest BCUT2D eigenvalue weighted by Crippen LogP contribution is 2.39. The first-order valence-electron chi connectivity index (χ1n) is 11.8. The van der Waals surface area contributed by atoms with Gasteiger partial charge in [0.2, 0.25) is 0 Å². The number of aromatic nitrogens is 1. The SMILES string of the molecule is Cc1cc(/C=C2/SC(=Nc3ccccc3)N(C3CCCC3)C2=O)c(C)n1-c1cccc(C(=O)O)c1. The van der Waals surface area contributed by atoms with E-state index < -0.39 is 5.97 Å². The second-order valence-electron chi connectivity index (χ2n) is 8.97. The zero-order chi connectivity index (χ0) is 24.5. The minimum Gasteiger partial charge on any atom is -0.478 e. The van der Waals surface area contributed by atoms with Gasteiger partial charge in [0.15, 0.2) is 5.17 Å². The molecule has 178 valence electrons. The Morgan fingerprint density at radius 3 is 2.51 bits per heavy atom. The number of aromatic carboxylic acids is 1. The predicted octanol–water partition coefficient (Wildman–Crippen LogP) is 6.34. The lowest BCUT2D eigenvalue weighted by Crippen LogP contribution is -2.37. The molecule has 1 saturated carbocycles. The van der Waals surface area contributed by atoms with Crippen LogP contribution in [0.1, 0.15) is 53.0 Å². The number of thioether (sulfide) groups is 1. The van der Waals surface area contributed by atoms with Crippen LogP contribution >= 0.6 is 11.8 Å². The Morgan fingerprint density at radius 1 is 1.06 bits per heavy atom. The van der Waals surface area contributed by atoms with Gasteiger partial charge in [0.1, 0.15) is 0 Å². The Balaban J connectivity index is 1.52. The summed E-state index contributed by atoms with van der Waals surface area (Å²) in [7, 11) is 0. The summed E-state index contributed by atoms with van der Waals surface area (Å²) >= 11 is 1.43. The van der Waals surface area contributed by atoms with Crippen molar-refractivity contribution >= 4 is 40.6 Å². The molecule has 2 fully saturated rings. The Labute approximate surface area is 209 Å². The highest BCUT2D eigenvalue weighted by molar-refractivity contribution is 8.18. The number of rotatable bonds is 5. The standard InChI is InChI=1S/C28H27N3O3S/c1-18-15-21(19(2)30(18)24-14-8-9-20(16-24)27(33)34)17-25-26(32)31(23-12-6-7-13-23)28(35-25)29-22-10-4-3-5-11-22/h3-5,8-11,14-17,23H,6-7,12-13H2,1-2H3,(H,33,34)/b25-17+,29-28?. The third kappa shape index (κ3) is 4.56. The second kappa shape index (κ2) is 9.58. The van der Waals surface area contributed by atoms with E-state index in [9.17, 15) is 14.7 Å². The van der Waals surface area contributed by atoms with E-state index in [1.807, 2.05) is 71.9 Å². The molecule has 2 heterocycles. The van der Waals surface area contributed by atoms with Gasteiger partial charge in [0.05, 0.1) is 16.2 Å². The van der Waals surface area contributed by atoms with E-state index >= 15 is 0 Å². The molecule has 7 heteroatoms. The molecule has 6 nitrogen and oxygen atoms in total. The molecule has 1 aliphatic carbocycles. The zero-order valence-electron chi connectivity index (χ0n) is 19.8. The van der Waals surface area contributed by atoms with Crippen molar-refractivity contribution < 1.29 is 14.7 Å². The average Bonchev–Trinajstić information content (AvgIpc) is 3.54. The Bertz CT molecular complexity index is 1350. The number of hydrogen-bond acceptors (Lipinski definition) is 4. The van der Waals surface area contributed by atoms with Gasteiger partial charge in [-0.1, -0.05) is 37.1 Å². The molecule has 0 bridgehead atoms. The van der Waals surface area contributed by atoms with Gasteiger partial charge in [-0.05, 0) is 86.5 Å². The van der Waals surface area contributed by atoms with Crippen LogP contribution in [0.2, 0.25) is 0 Å². The lowest BCUT2D eigenvalue weighted by atomic mass is 10.2. The maximum atomic E-state index is 13.6. The Hall–Kier alpha value is -3.58. The molecule has 2 aliphatic rings. The maximum Gasteiger partial charge on any atom is 0.335 e. The van der Waals surface area contributed by atoms with E-state index in [1.54, 1.807) is 18.2 Å². The van der Waals surface area contributed by atoms with Crippen molar-refractivity contribution in [2.45, 2.75) is 45.6 Å². The van der Waals surface area contributed by atoms with Crippen molar-refractivity contribution in [3.8, 4) is 5.69 Å². The fraction of sp³-hybridized carbons (Fsp3) is 0.250. The summed E-state index contributed by atoms with van der Waals surface area (Å²) in [6, 6.07) is 18.9. The average molecular weight is 486 g/mol. The van der Waals surface area contributed by atoms with Gasteiger partial charge in [0, 0.05) is 23.1 Å². The first-order valence-corrected chi connectivity index (χ1v) is 12.6. The second-order valence-corrected chi connectivity index (χ2v) is 9.98. The van der Waals surface area contributed by atoms with Crippen LogP contribution in [0.3, 0.4) is 0 Å². The number of carboxylic acids is 1. The van der Waals surface area contributed by atoms with E-state index in [0.29, 0.717) is 4.91 Å². The molecule has 5 rings (SSSR count). The van der Waals surface area contributed by atoms with E-state index in [1.165, 1.54) is 11.8 Å². The Kier molecular flexibility index (Phi) is 6.34. The molecule has 3 aromatic rings. The number of aliphatic imine (C=N–C) groups is 1. The monoisotopic (exact) mass is 485 g/mol. The predicted molar refractivity (Wildman–Crippen MR) is 140 cm³/mol. The van der Waals surface area contributed by atoms with Crippen molar-refractivity contribution in [2.75, 3.05) is 0 Å². The number of amides is 1. The lowest BCUT2D eigenvalue weighted by molar-refractivity contribution is -0.123. The molecule has 0 unspecified atom stereocenters. The normalized spacial score (nSPS) is 18.8. The smallest absolute Gasteiger partial charge is 0.335 e. The summed E-state index contributed by atoms with van der Waals surface area (Å²) in [5.41, 5.74) is 4.72. The van der Waals surface area contributed by atoms with Gasteiger partial charge in [0.25, 0.3) is 5.91 Å². The van der Waals surface area contributed by atoms with Gasteiger partial charge in [-0.2, -0.15) is 0 Å². The molecule has 1 amide bonds. The fourth-order valence-electron chi connectivity index (χ4n) is 4.91. The summed E-state index contributed by atoms with van der Waals surface area (Å²) in [4.78, 5) is 32.4. The topological polar surface area (TPSA) is 74.9 Å².